The molecule has 21 heavy (non-hydrogen) atoms. The summed E-state index contributed by atoms with van der Waals surface area (Å²) in [5.41, 5.74) is 0. The van der Waals surface area contributed by atoms with Crippen molar-refractivity contribution in [3.8, 4) is 0 Å². The highest BCUT2D eigenvalue weighted by atomic mass is 32.2. The summed E-state index contributed by atoms with van der Waals surface area (Å²) in [6, 6.07) is 2.14. The lowest BCUT2D eigenvalue weighted by Crippen LogP contribution is -2.35. The number of aliphatic carboxylic acids is 1. The van der Waals surface area contributed by atoms with Crippen LogP contribution in [0.2, 0.25) is 0 Å². The number of aromatic nitrogens is 1. The average molecular weight is 313 g/mol. The zero-order valence-electron chi connectivity index (χ0n) is 11.8. The minimum absolute atomic E-state index is 0.137. The third-order valence-corrected chi connectivity index (χ3v) is 5.31. The van der Waals surface area contributed by atoms with Gasteiger partial charge in [-0.25, -0.2) is 13.4 Å². The Hall–Kier alpha value is -1.67. The van der Waals surface area contributed by atoms with E-state index in [9.17, 15) is 13.2 Å². The third kappa shape index (κ3) is 3.70. The SMILES string of the molecule is C[C@@H](Nc1ccc(S(=O)(=O)N2CCCCC2)cn1)C(=O)O. The number of sulfonamides is 1. The van der Waals surface area contributed by atoms with Crippen LogP contribution in [-0.2, 0) is 14.8 Å². The van der Waals surface area contributed by atoms with E-state index in [0.29, 0.717) is 18.9 Å². The normalized spacial score (nSPS) is 18.1. The number of pyridine rings is 1. The predicted molar refractivity (Wildman–Crippen MR) is 77.6 cm³/mol. The van der Waals surface area contributed by atoms with E-state index in [4.69, 9.17) is 5.11 Å². The lowest BCUT2D eigenvalue weighted by molar-refractivity contribution is -0.137. The number of nitrogens with zero attached hydrogens (tertiary/aromatic N) is 2. The Morgan fingerprint density at radius 3 is 2.52 bits per heavy atom. The number of hydrogen-bond acceptors (Lipinski definition) is 5. The molecule has 1 aromatic heterocycles. The second kappa shape index (κ2) is 6.40. The summed E-state index contributed by atoms with van der Waals surface area (Å²) in [4.78, 5) is 14.9. The molecule has 0 aromatic carbocycles. The lowest BCUT2D eigenvalue weighted by Gasteiger charge is -2.25. The van der Waals surface area contributed by atoms with Gasteiger partial charge in [0, 0.05) is 19.3 Å². The van der Waals surface area contributed by atoms with Crippen LogP contribution in [0.4, 0.5) is 5.82 Å². The number of carbonyl (C=O) groups is 1. The summed E-state index contributed by atoms with van der Waals surface area (Å²) >= 11 is 0. The van der Waals surface area contributed by atoms with Crippen molar-refractivity contribution in [1.82, 2.24) is 9.29 Å². The molecule has 0 amide bonds. The fraction of sp³-hybridized carbons (Fsp3) is 0.538. The van der Waals surface area contributed by atoms with E-state index < -0.39 is 22.0 Å². The number of piperidine rings is 1. The summed E-state index contributed by atoms with van der Waals surface area (Å²) in [7, 11) is -3.50. The van der Waals surface area contributed by atoms with Gasteiger partial charge in [-0.05, 0) is 31.9 Å². The molecule has 1 atom stereocenters. The number of rotatable bonds is 5. The highest BCUT2D eigenvalue weighted by Crippen LogP contribution is 2.20. The maximum Gasteiger partial charge on any atom is 0.325 e. The molecule has 116 valence electrons. The maximum absolute atomic E-state index is 12.4. The van der Waals surface area contributed by atoms with E-state index in [1.165, 1.54) is 29.6 Å². The Labute approximate surface area is 124 Å². The topological polar surface area (TPSA) is 99.6 Å². The molecule has 1 fully saturated rings. The minimum Gasteiger partial charge on any atom is -0.480 e. The van der Waals surface area contributed by atoms with E-state index in [2.05, 4.69) is 10.3 Å². The second-order valence-electron chi connectivity index (χ2n) is 5.05. The first-order chi connectivity index (χ1) is 9.91. The van der Waals surface area contributed by atoms with Crippen LogP contribution in [0.1, 0.15) is 26.2 Å². The zero-order chi connectivity index (χ0) is 15.5. The Balaban J connectivity index is 2.12. The van der Waals surface area contributed by atoms with Crippen molar-refractivity contribution in [2.24, 2.45) is 0 Å². The molecular formula is C13H19N3O4S. The summed E-state index contributed by atoms with van der Waals surface area (Å²) in [5, 5.41) is 11.5. The quantitative estimate of drug-likeness (QED) is 0.845. The van der Waals surface area contributed by atoms with Gasteiger partial charge in [-0.15, -0.1) is 0 Å². The van der Waals surface area contributed by atoms with Crippen LogP contribution in [0.5, 0.6) is 0 Å². The summed E-state index contributed by atoms with van der Waals surface area (Å²) in [6.07, 6.45) is 4.08. The molecule has 1 aliphatic rings. The lowest BCUT2D eigenvalue weighted by atomic mass is 10.2. The first kappa shape index (κ1) is 15.7. The number of carboxylic acids is 1. The van der Waals surface area contributed by atoms with Crippen molar-refractivity contribution >= 4 is 21.8 Å². The van der Waals surface area contributed by atoms with Crippen molar-refractivity contribution in [2.75, 3.05) is 18.4 Å². The van der Waals surface area contributed by atoms with Gasteiger partial charge in [-0.3, -0.25) is 4.79 Å². The summed E-state index contributed by atoms with van der Waals surface area (Å²) < 4.78 is 26.3. The number of nitrogens with one attached hydrogen (secondary N) is 1. The summed E-state index contributed by atoms with van der Waals surface area (Å²) in [5.74, 6) is -0.663. The van der Waals surface area contributed by atoms with Gasteiger partial charge in [0.1, 0.15) is 16.8 Å². The standard InChI is InChI=1S/C13H19N3O4S/c1-10(13(17)18)15-12-6-5-11(9-14-12)21(19,20)16-7-3-2-4-8-16/h5-6,9-10H,2-4,7-8H2,1H3,(H,14,15)(H,17,18)/t10-/m1/s1. The fourth-order valence-electron chi connectivity index (χ4n) is 2.16. The van der Waals surface area contributed by atoms with Gasteiger partial charge in [0.05, 0.1) is 0 Å². The minimum atomic E-state index is -3.50. The zero-order valence-corrected chi connectivity index (χ0v) is 12.6. The first-order valence-electron chi connectivity index (χ1n) is 6.87. The van der Waals surface area contributed by atoms with Crippen LogP contribution in [0, 0.1) is 0 Å². The highest BCUT2D eigenvalue weighted by molar-refractivity contribution is 7.89. The molecule has 2 heterocycles. The Bertz CT molecular complexity index is 594. The van der Waals surface area contributed by atoms with Crippen LogP contribution < -0.4 is 5.32 Å². The molecule has 0 saturated carbocycles. The van der Waals surface area contributed by atoms with Crippen LogP contribution in [0.25, 0.3) is 0 Å². The molecule has 0 bridgehead atoms. The molecule has 1 aliphatic heterocycles. The molecule has 0 unspecified atom stereocenters. The summed E-state index contributed by atoms with van der Waals surface area (Å²) in [6.45, 7) is 2.57. The molecule has 2 N–H and O–H groups in total. The number of carboxylic acid groups (broad SMARTS) is 1. The molecule has 0 radical (unpaired) electrons. The fourth-order valence-corrected chi connectivity index (χ4v) is 3.62. The smallest absolute Gasteiger partial charge is 0.325 e. The van der Waals surface area contributed by atoms with Gasteiger partial charge in [-0.1, -0.05) is 6.42 Å². The van der Waals surface area contributed by atoms with Crippen molar-refractivity contribution in [3.63, 3.8) is 0 Å². The van der Waals surface area contributed by atoms with Gasteiger partial charge >= 0.3 is 5.97 Å². The predicted octanol–water partition coefficient (Wildman–Crippen LogP) is 1.14. The van der Waals surface area contributed by atoms with Gasteiger partial charge in [-0.2, -0.15) is 4.31 Å². The van der Waals surface area contributed by atoms with E-state index >= 15 is 0 Å². The van der Waals surface area contributed by atoms with E-state index in [0.717, 1.165) is 19.3 Å². The van der Waals surface area contributed by atoms with E-state index in [1.807, 2.05) is 0 Å². The molecule has 2 rings (SSSR count). The van der Waals surface area contributed by atoms with Crippen molar-refractivity contribution in [2.45, 2.75) is 37.1 Å². The molecule has 8 heteroatoms. The van der Waals surface area contributed by atoms with Gasteiger partial charge in [0.2, 0.25) is 10.0 Å². The maximum atomic E-state index is 12.4. The van der Waals surface area contributed by atoms with E-state index in [-0.39, 0.29) is 4.90 Å². The Kier molecular flexibility index (Phi) is 4.79. The molecule has 7 nitrogen and oxygen atoms in total. The Morgan fingerprint density at radius 1 is 1.33 bits per heavy atom. The average Bonchev–Trinajstić information content (AvgIpc) is 2.48. The molecular weight excluding hydrogens is 294 g/mol. The van der Waals surface area contributed by atoms with Crippen LogP contribution >= 0.6 is 0 Å². The molecule has 1 saturated heterocycles. The molecule has 1 aromatic rings. The third-order valence-electron chi connectivity index (χ3n) is 3.42. The molecule has 0 spiro atoms. The van der Waals surface area contributed by atoms with E-state index in [1.54, 1.807) is 0 Å². The second-order valence-corrected chi connectivity index (χ2v) is 6.99. The van der Waals surface area contributed by atoms with Crippen molar-refractivity contribution in [1.29, 1.82) is 0 Å². The van der Waals surface area contributed by atoms with Crippen molar-refractivity contribution < 1.29 is 18.3 Å². The Morgan fingerprint density at radius 2 is 2.00 bits per heavy atom. The van der Waals surface area contributed by atoms with Gasteiger partial charge < -0.3 is 10.4 Å². The number of hydrogen-bond donors (Lipinski definition) is 2. The van der Waals surface area contributed by atoms with Gasteiger partial charge in [0.15, 0.2) is 0 Å². The van der Waals surface area contributed by atoms with Crippen molar-refractivity contribution in [3.05, 3.63) is 18.3 Å². The largest absolute Gasteiger partial charge is 0.480 e. The van der Waals surface area contributed by atoms with Crippen LogP contribution in [-0.4, -0.2) is 47.9 Å². The van der Waals surface area contributed by atoms with Crippen LogP contribution in [0.3, 0.4) is 0 Å². The highest BCUT2D eigenvalue weighted by Gasteiger charge is 2.26. The van der Waals surface area contributed by atoms with Gasteiger partial charge in [0.25, 0.3) is 0 Å². The monoisotopic (exact) mass is 313 g/mol. The number of anilines is 1. The molecule has 0 aliphatic carbocycles. The first-order valence-corrected chi connectivity index (χ1v) is 8.31. The van der Waals surface area contributed by atoms with Crippen LogP contribution in [0.15, 0.2) is 23.2 Å².